The van der Waals surface area contributed by atoms with Crippen LogP contribution in [0, 0.1) is 11.8 Å². The van der Waals surface area contributed by atoms with E-state index in [0.717, 1.165) is 38.0 Å². The van der Waals surface area contributed by atoms with Crippen LogP contribution in [0.5, 0.6) is 0 Å². The highest BCUT2D eigenvalue weighted by Crippen LogP contribution is 2.24. The molecule has 0 bridgehead atoms. The maximum Gasteiger partial charge on any atom is 0.286 e. The van der Waals surface area contributed by atoms with Gasteiger partial charge in [-0.15, -0.1) is 10.2 Å². The van der Waals surface area contributed by atoms with Crippen LogP contribution in [-0.4, -0.2) is 47.3 Å². The molecule has 0 aliphatic heterocycles. The third kappa shape index (κ3) is 7.25. The summed E-state index contributed by atoms with van der Waals surface area (Å²) < 4.78 is 5.51. The molecule has 1 saturated carbocycles. The molecule has 1 aliphatic carbocycles. The summed E-state index contributed by atoms with van der Waals surface area (Å²) in [6.07, 6.45) is 6.90. The summed E-state index contributed by atoms with van der Waals surface area (Å²) in [6, 6.07) is -0.614. The molecule has 1 aromatic rings. The molecule has 152 valence electrons. The molecule has 7 nitrogen and oxygen atoms in total. The van der Waals surface area contributed by atoms with Gasteiger partial charge in [0.25, 0.3) is 11.1 Å². The van der Waals surface area contributed by atoms with E-state index in [-0.39, 0.29) is 29.4 Å². The Hall–Kier alpha value is -1.41. The van der Waals surface area contributed by atoms with Gasteiger partial charge in [-0.25, -0.2) is 0 Å². The van der Waals surface area contributed by atoms with Crippen LogP contribution < -0.4 is 10.6 Å². The number of aromatic nitrogens is 2. The van der Waals surface area contributed by atoms with Crippen LogP contribution in [0.4, 0.5) is 0 Å². The highest BCUT2D eigenvalue weighted by Gasteiger charge is 2.30. The first-order chi connectivity index (χ1) is 13.0. The molecule has 1 fully saturated rings. The minimum absolute atomic E-state index is 0.00491. The average molecular weight is 397 g/mol. The predicted molar refractivity (Wildman–Crippen MR) is 106 cm³/mol. The first-order valence-electron chi connectivity index (χ1n) is 9.96. The van der Waals surface area contributed by atoms with E-state index in [1.165, 1.54) is 24.6 Å². The van der Waals surface area contributed by atoms with E-state index in [4.69, 9.17) is 4.42 Å². The van der Waals surface area contributed by atoms with E-state index >= 15 is 0 Å². The van der Waals surface area contributed by atoms with E-state index in [2.05, 4.69) is 20.8 Å². The molecular weight excluding hydrogens is 364 g/mol. The fourth-order valence-corrected chi connectivity index (χ4v) is 4.01. The Kier molecular flexibility index (Phi) is 9.27. The van der Waals surface area contributed by atoms with Gasteiger partial charge in [0.15, 0.2) is 0 Å². The SMILES string of the molecule is CNCCSc1nnc(C(=O)[C@H](CC(C)C)NC(=O)C2CCCCCC2)o1. The summed E-state index contributed by atoms with van der Waals surface area (Å²) in [4.78, 5) is 25.6. The number of Topliss-reactive ketones (excluding diaryl/α,β-unsaturated/α-hetero) is 1. The van der Waals surface area contributed by atoms with Crippen molar-refractivity contribution in [3.8, 4) is 0 Å². The number of hydrogen-bond donors (Lipinski definition) is 2. The first-order valence-corrected chi connectivity index (χ1v) is 10.9. The number of ketones is 1. The number of thioether (sulfide) groups is 1. The fraction of sp³-hybridized carbons (Fsp3) is 0.789. The number of nitrogens with one attached hydrogen (secondary N) is 2. The van der Waals surface area contributed by atoms with Gasteiger partial charge in [-0.05, 0) is 32.2 Å². The Morgan fingerprint density at radius 3 is 2.52 bits per heavy atom. The van der Waals surface area contributed by atoms with Gasteiger partial charge >= 0.3 is 0 Å². The zero-order valence-corrected chi connectivity index (χ0v) is 17.4. The van der Waals surface area contributed by atoms with E-state index in [0.29, 0.717) is 11.6 Å². The van der Waals surface area contributed by atoms with Crippen LogP contribution in [0.3, 0.4) is 0 Å². The molecule has 0 spiro atoms. The molecule has 0 aromatic carbocycles. The lowest BCUT2D eigenvalue weighted by atomic mass is 9.96. The van der Waals surface area contributed by atoms with Crippen molar-refractivity contribution in [1.82, 2.24) is 20.8 Å². The van der Waals surface area contributed by atoms with E-state index in [9.17, 15) is 9.59 Å². The largest absolute Gasteiger partial charge is 0.408 e. The van der Waals surface area contributed by atoms with Gasteiger partial charge < -0.3 is 15.1 Å². The molecule has 1 aromatic heterocycles. The Morgan fingerprint density at radius 1 is 1.19 bits per heavy atom. The van der Waals surface area contributed by atoms with Gasteiger partial charge in [-0.1, -0.05) is 51.3 Å². The maximum atomic E-state index is 12.9. The van der Waals surface area contributed by atoms with Gasteiger partial charge in [0.1, 0.15) is 0 Å². The fourth-order valence-electron chi connectivity index (χ4n) is 3.29. The lowest BCUT2D eigenvalue weighted by Crippen LogP contribution is -2.44. The van der Waals surface area contributed by atoms with Gasteiger partial charge in [0.2, 0.25) is 11.7 Å². The van der Waals surface area contributed by atoms with Crippen LogP contribution >= 0.6 is 11.8 Å². The molecule has 8 heteroatoms. The van der Waals surface area contributed by atoms with Crippen LogP contribution in [0.15, 0.2) is 9.64 Å². The molecular formula is C19H32N4O3S. The van der Waals surface area contributed by atoms with Gasteiger partial charge in [0.05, 0.1) is 6.04 Å². The van der Waals surface area contributed by atoms with Crippen molar-refractivity contribution < 1.29 is 14.0 Å². The molecule has 2 rings (SSSR count). The lowest BCUT2D eigenvalue weighted by molar-refractivity contribution is -0.126. The summed E-state index contributed by atoms with van der Waals surface area (Å²) in [6.45, 7) is 4.87. The Bertz CT molecular complexity index is 598. The summed E-state index contributed by atoms with van der Waals surface area (Å²) in [5.74, 6) is 0.720. The summed E-state index contributed by atoms with van der Waals surface area (Å²) >= 11 is 1.41. The second-order valence-corrected chi connectivity index (χ2v) is 8.61. The standard InChI is InChI=1S/C19H32N4O3S/c1-13(2)12-15(21-17(25)14-8-6-4-5-7-9-14)16(24)18-22-23-19(26-18)27-11-10-20-3/h13-15,20H,4-12H2,1-3H3,(H,21,25)/t15-/m0/s1. The van der Waals surface area contributed by atoms with Crippen molar-refractivity contribution in [2.24, 2.45) is 11.8 Å². The third-order valence-electron chi connectivity index (χ3n) is 4.76. The third-order valence-corrected chi connectivity index (χ3v) is 5.58. The van der Waals surface area contributed by atoms with Gasteiger partial charge in [0, 0.05) is 18.2 Å². The number of carbonyl (C=O) groups is 2. The molecule has 27 heavy (non-hydrogen) atoms. The van der Waals surface area contributed by atoms with E-state index in [1.54, 1.807) is 0 Å². The zero-order valence-electron chi connectivity index (χ0n) is 16.6. The van der Waals surface area contributed by atoms with Crippen molar-refractivity contribution in [3.63, 3.8) is 0 Å². The molecule has 0 unspecified atom stereocenters. The molecule has 0 radical (unpaired) electrons. The van der Waals surface area contributed by atoms with E-state index in [1.807, 2.05) is 20.9 Å². The smallest absolute Gasteiger partial charge is 0.286 e. The lowest BCUT2D eigenvalue weighted by Gasteiger charge is -2.21. The van der Waals surface area contributed by atoms with Crippen molar-refractivity contribution in [2.75, 3.05) is 19.3 Å². The second-order valence-electron chi connectivity index (χ2n) is 7.57. The predicted octanol–water partition coefficient (Wildman–Crippen LogP) is 3.07. The Morgan fingerprint density at radius 2 is 1.89 bits per heavy atom. The minimum Gasteiger partial charge on any atom is -0.408 e. The molecule has 1 atom stereocenters. The van der Waals surface area contributed by atoms with Gasteiger partial charge in [-0.2, -0.15) is 0 Å². The van der Waals surface area contributed by atoms with Crippen molar-refractivity contribution in [1.29, 1.82) is 0 Å². The van der Waals surface area contributed by atoms with Crippen molar-refractivity contribution in [2.45, 2.75) is 70.1 Å². The normalized spacial score (nSPS) is 16.9. The quantitative estimate of drug-likeness (QED) is 0.271. The number of hydrogen-bond acceptors (Lipinski definition) is 7. The number of amides is 1. The molecule has 2 N–H and O–H groups in total. The monoisotopic (exact) mass is 396 g/mol. The van der Waals surface area contributed by atoms with Crippen molar-refractivity contribution in [3.05, 3.63) is 5.89 Å². The topological polar surface area (TPSA) is 97.1 Å². The molecule has 1 heterocycles. The van der Waals surface area contributed by atoms with Crippen LogP contribution in [0.1, 0.15) is 69.5 Å². The summed E-state index contributed by atoms with van der Waals surface area (Å²) in [5.41, 5.74) is 0. The number of rotatable bonds is 10. The zero-order chi connectivity index (χ0) is 19.6. The summed E-state index contributed by atoms with van der Waals surface area (Å²) in [5, 5.41) is 14.2. The van der Waals surface area contributed by atoms with Gasteiger partial charge in [-0.3, -0.25) is 9.59 Å². The van der Waals surface area contributed by atoms with Crippen LogP contribution in [-0.2, 0) is 4.79 Å². The number of carbonyl (C=O) groups excluding carboxylic acids is 2. The molecule has 1 aliphatic rings. The maximum absolute atomic E-state index is 12.9. The minimum atomic E-state index is -0.614. The number of nitrogens with zero attached hydrogens (tertiary/aromatic N) is 2. The molecule has 1 amide bonds. The Labute approximate surface area is 165 Å². The summed E-state index contributed by atoms with van der Waals surface area (Å²) in [7, 11) is 1.87. The highest BCUT2D eigenvalue weighted by molar-refractivity contribution is 7.99. The van der Waals surface area contributed by atoms with Crippen molar-refractivity contribution >= 4 is 23.5 Å². The average Bonchev–Trinajstić information content (AvgIpc) is 2.93. The molecule has 0 saturated heterocycles. The second kappa shape index (κ2) is 11.4. The Balaban J connectivity index is 2.01. The van der Waals surface area contributed by atoms with Crippen LogP contribution in [0.2, 0.25) is 0 Å². The first kappa shape index (κ1) is 21.9. The van der Waals surface area contributed by atoms with E-state index < -0.39 is 6.04 Å². The highest BCUT2D eigenvalue weighted by atomic mass is 32.2. The van der Waals surface area contributed by atoms with Crippen LogP contribution in [0.25, 0.3) is 0 Å².